The van der Waals surface area contributed by atoms with E-state index in [9.17, 15) is 18.0 Å². The van der Waals surface area contributed by atoms with Crippen LogP contribution in [0.1, 0.15) is 18.1 Å². The molecule has 1 fully saturated rings. The van der Waals surface area contributed by atoms with Gasteiger partial charge in [-0.2, -0.15) is 13.2 Å². The number of alkyl halides is 3. The maximum Gasteiger partial charge on any atom is 0.423 e. The van der Waals surface area contributed by atoms with Gasteiger partial charge >= 0.3 is 6.18 Å². The van der Waals surface area contributed by atoms with Gasteiger partial charge in [0.1, 0.15) is 0 Å². The van der Waals surface area contributed by atoms with E-state index in [0.29, 0.717) is 18.8 Å². The van der Waals surface area contributed by atoms with E-state index in [-0.39, 0.29) is 11.5 Å². The molecule has 1 saturated heterocycles. The quantitative estimate of drug-likeness (QED) is 0.534. The summed E-state index contributed by atoms with van der Waals surface area (Å²) in [6.07, 6.45) is -3.88. The molecule has 2 aliphatic heterocycles. The normalized spacial score (nSPS) is 17.6. The summed E-state index contributed by atoms with van der Waals surface area (Å²) in [6.45, 7) is 5.15. The molecular formula is C22H26F3N5OS. The van der Waals surface area contributed by atoms with Crippen LogP contribution < -0.4 is 21.3 Å². The summed E-state index contributed by atoms with van der Waals surface area (Å²) in [4.78, 5) is 16.7. The molecule has 172 valence electrons. The molecule has 2 aliphatic rings. The summed E-state index contributed by atoms with van der Waals surface area (Å²) < 4.78 is 41.8. The van der Waals surface area contributed by atoms with Crippen molar-refractivity contribution in [3.05, 3.63) is 53.6 Å². The van der Waals surface area contributed by atoms with Crippen molar-refractivity contribution in [1.29, 1.82) is 0 Å². The fraction of sp³-hybridized carbons (Fsp3) is 0.409. The molecule has 2 heterocycles. The number of nitrogens with zero attached hydrogens (tertiary/aromatic N) is 3. The number of halogens is 3. The lowest BCUT2D eigenvalue weighted by atomic mass is 10.00. The number of carbonyl (C=O) groups excluding carboxylic acids is 1. The van der Waals surface area contributed by atoms with Gasteiger partial charge in [0.25, 0.3) is 0 Å². The van der Waals surface area contributed by atoms with Crippen LogP contribution >= 0.6 is 11.9 Å². The lowest BCUT2D eigenvalue weighted by Gasteiger charge is -2.36. The third-order valence-corrected chi connectivity index (χ3v) is 7.05. The van der Waals surface area contributed by atoms with E-state index >= 15 is 0 Å². The number of nitrogens with two attached hydrogens (primary N) is 2. The van der Waals surface area contributed by atoms with Crippen LogP contribution in [-0.2, 0) is 16.9 Å². The Morgan fingerprint density at radius 1 is 1.00 bits per heavy atom. The number of carbonyl (C=O) groups is 1. The Hall–Kier alpha value is -2.27. The number of rotatable bonds is 4. The predicted octanol–water partition coefficient (Wildman–Crippen LogP) is 3.06. The van der Waals surface area contributed by atoms with Crippen LogP contribution in [0.3, 0.4) is 0 Å². The Morgan fingerprint density at radius 3 is 2.38 bits per heavy atom. The molecule has 0 aromatic heterocycles. The first-order valence-corrected chi connectivity index (χ1v) is 11.2. The Bertz CT molecular complexity index is 1010. The number of fused-ring (bicyclic) bond motifs is 1. The topological polar surface area (TPSA) is 78.8 Å². The van der Waals surface area contributed by atoms with Crippen LogP contribution in [0.5, 0.6) is 0 Å². The number of hydrogen-bond acceptors (Lipinski definition) is 6. The van der Waals surface area contributed by atoms with Crippen LogP contribution in [0.4, 0.5) is 24.5 Å². The van der Waals surface area contributed by atoms with Crippen molar-refractivity contribution in [3.8, 4) is 0 Å². The summed E-state index contributed by atoms with van der Waals surface area (Å²) in [5.41, 5.74) is 10.6. The van der Waals surface area contributed by atoms with Crippen LogP contribution in [-0.4, -0.2) is 49.1 Å². The summed E-state index contributed by atoms with van der Waals surface area (Å²) in [6, 6.07) is 12.2. The summed E-state index contributed by atoms with van der Waals surface area (Å²) in [5.74, 6) is 0.0566. The molecule has 10 heteroatoms. The molecule has 0 saturated carbocycles. The second-order valence-electron chi connectivity index (χ2n) is 8.14. The molecule has 32 heavy (non-hydrogen) atoms. The molecule has 0 aliphatic carbocycles. The van der Waals surface area contributed by atoms with E-state index < -0.39 is 11.8 Å². The van der Waals surface area contributed by atoms with Gasteiger partial charge in [-0.3, -0.25) is 4.79 Å². The van der Waals surface area contributed by atoms with E-state index in [1.165, 1.54) is 17.7 Å². The Morgan fingerprint density at radius 2 is 1.72 bits per heavy atom. The smallest absolute Gasteiger partial charge is 0.369 e. The number of piperazine rings is 1. The molecular weight excluding hydrogens is 439 g/mol. The largest absolute Gasteiger partial charge is 0.423 e. The maximum absolute atomic E-state index is 13.2. The zero-order valence-electron chi connectivity index (χ0n) is 17.7. The monoisotopic (exact) mass is 465 g/mol. The fourth-order valence-corrected chi connectivity index (χ4v) is 5.04. The van der Waals surface area contributed by atoms with Crippen LogP contribution in [0.25, 0.3) is 0 Å². The van der Waals surface area contributed by atoms with E-state index in [1.807, 2.05) is 17.0 Å². The third-order valence-electron chi connectivity index (χ3n) is 5.96. The number of amides is 1. The highest BCUT2D eigenvalue weighted by Crippen LogP contribution is 2.35. The minimum absolute atomic E-state index is 0.0566. The van der Waals surface area contributed by atoms with Crippen LogP contribution in [0, 0.1) is 0 Å². The van der Waals surface area contributed by atoms with Gasteiger partial charge in [-0.15, -0.1) is 0 Å². The second kappa shape index (κ2) is 8.58. The molecule has 4 N–H and O–H groups in total. The van der Waals surface area contributed by atoms with Crippen molar-refractivity contribution in [2.24, 2.45) is 11.5 Å². The van der Waals surface area contributed by atoms with Gasteiger partial charge in [-0.1, -0.05) is 12.1 Å². The molecule has 2 aromatic carbocycles. The average Bonchev–Trinajstić information content (AvgIpc) is 3.17. The minimum Gasteiger partial charge on any atom is -0.369 e. The van der Waals surface area contributed by atoms with Gasteiger partial charge in [-0.05, 0) is 59.8 Å². The first-order valence-electron chi connectivity index (χ1n) is 10.4. The molecule has 4 rings (SSSR count). The van der Waals surface area contributed by atoms with Gasteiger partial charge in [0.05, 0.1) is 0 Å². The fourth-order valence-electron chi connectivity index (χ4n) is 4.07. The van der Waals surface area contributed by atoms with Crippen molar-refractivity contribution in [2.75, 3.05) is 42.5 Å². The predicted molar refractivity (Wildman–Crippen MR) is 120 cm³/mol. The molecule has 0 unspecified atom stereocenters. The van der Waals surface area contributed by atoms with Crippen LogP contribution in [0.2, 0.25) is 0 Å². The third kappa shape index (κ3) is 4.45. The lowest BCUT2D eigenvalue weighted by Crippen LogP contribution is -2.58. The molecule has 2 aromatic rings. The van der Waals surface area contributed by atoms with E-state index in [4.69, 9.17) is 11.5 Å². The highest BCUT2D eigenvalue weighted by atomic mass is 32.2. The zero-order valence-corrected chi connectivity index (χ0v) is 18.5. The summed E-state index contributed by atoms with van der Waals surface area (Å²) in [7, 11) is 0. The first kappa shape index (κ1) is 22.9. The minimum atomic E-state index is -4.74. The summed E-state index contributed by atoms with van der Waals surface area (Å²) in [5, 5.41) is 0. The van der Waals surface area contributed by atoms with Gasteiger partial charge in [0.15, 0.2) is 5.66 Å². The standard InChI is InChI=1S/C22H26F3N5OS/c1-15(31)30-8-7-16-13-19(5-6-20(16)30)32-29-11-9-28(10-12-29)18-4-2-3-17(14-18)21(26,27)22(23,24)25/h2-6,13-14H,7-12,26-27H2,1H3. The first-order chi connectivity index (χ1) is 15.1. The molecule has 1 amide bonds. The van der Waals surface area contributed by atoms with Gasteiger partial charge in [-0.25, -0.2) is 4.31 Å². The van der Waals surface area contributed by atoms with Gasteiger partial charge in [0.2, 0.25) is 5.91 Å². The lowest BCUT2D eigenvalue weighted by molar-refractivity contribution is -0.188. The zero-order chi connectivity index (χ0) is 23.1. The van der Waals surface area contributed by atoms with Crippen molar-refractivity contribution >= 4 is 29.2 Å². The molecule has 0 atom stereocenters. The Balaban J connectivity index is 1.38. The highest BCUT2D eigenvalue weighted by molar-refractivity contribution is 7.97. The van der Waals surface area contributed by atoms with Crippen molar-refractivity contribution in [1.82, 2.24) is 4.31 Å². The van der Waals surface area contributed by atoms with Crippen LogP contribution in [0.15, 0.2) is 47.4 Å². The molecule has 0 radical (unpaired) electrons. The average molecular weight is 466 g/mol. The van der Waals surface area contributed by atoms with Crippen molar-refractivity contribution in [3.63, 3.8) is 0 Å². The van der Waals surface area contributed by atoms with Crippen molar-refractivity contribution < 1.29 is 18.0 Å². The second-order valence-corrected chi connectivity index (χ2v) is 9.31. The Labute approximate surface area is 189 Å². The maximum atomic E-state index is 13.2. The van der Waals surface area contributed by atoms with E-state index in [1.54, 1.807) is 35.9 Å². The highest BCUT2D eigenvalue weighted by Gasteiger charge is 2.50. The van der Waals surface area contributed by atoms with E-state index in [2.05, 4.69) is 10.4 Å². The SMILES string of the molecule is CC(=O)N1CCc2cc(SN3CCN(c4cccc(C(N)(N)C(F)(F)F)c4)CC3)ccc21. The van der Waals surface area contributed by atoms with Gasteiger partial charge in [0, 0.05) is 55.9 Å². The number of benzene rings is 2. The van der Waals surface area contributed by atoms with Gasteiger partial charge < -0.3 is 21.3 Å². The number of hydrogen-bond donors (Lipinski definition) is 2. The van der Waals surface area contributed by atoms with E-state index in [0.717, 1.165) is 36.6 Å². The molecule has 0 bridgehead atoms. The van der Waals surface area contributed by atoms with Crippen molar-refractivity contribution in [2.45, 2.75) is 30.1 Å². The number of anilines is 2. The Kier molecular flexibility index (Phi) is 6.15. The molecule has 6 nitrogen and oxygen atoms in total. The summed E-state index contributed by atoms with van der Waals surface area (Å²) >= 11 is 1.66. The molecule has 0 spiro atoms.